The molecule has 274 valence electrons. The van der Waals surface area contributed by atoms with E-state index in [0.29, 0.717) is 52.5 Å². The average Bonchev–Trinajstić information content (AvgIpc) is 4.08. The van der Waals surface area contributed by atoms with Gasteiger partial charge in [-0.1, -0.05) is 42.5 Å². The highest BCUT2D eigenvalue weighted by Gasteiger charge is 2.28. The zero-order valence-corrected chi connectivity index (χ0v) is 30.5. The fraction of sp³-hybridized carbons (Fsp3) is 0.200. The van der Waals surface area contributed by atoms with Crippen LogP contribution in [0.1, 0.15) is 25.7 Å². The van der Waals surface area contributed by atoms with Gasteiger partial charge in [0.1, 0.15) is 18.3 Å². The van der Waals surface area contributed by atoms with Crippen molar-refractivity contribution in [2.24, 2.45) is 11.8 Å². The lowest BCUT2D eigenvalue weighted by molar-refractivity contribution is 0.292. The van der Waals surface area contributed by atoms with Gasteiger partial charge in [0.15, 0.2) is 5.65 Å². The van der Waals surface area contributed by atoms with E-state index in [0.717, 1.165) is 47.4 Å². The van der Waals surface area contributed by atoms with E-state index >= 15 is 0 Å². The summed E-state index contributed by atoms with van der Waals surface area (Å²) in [5.74, 6) is 2.29. The number of aromatic nitrogens is 6. The number of anilines is 2. The number of aromatic amines is 1. The van der Waals surface area contributed by atoms with Crippen LogP contribution >= 0.6 is 0 Å². The van der Waals surface area contributed by atoms with Crippen molar-refractivity contribution in [3.8, 4) is 34.3 Å². The van der Waals surface area contributed by atoms with Gasteiger partial charge in [0.05, 0.1) is 34.6 Å². The molecule has 2 aliphatic rings. The predicted molar refractivity (Wildman–Crippen MR) is 209 cm³/mol. The maximum atomic E-state index is 13.6. The summed E-state index contributed by atoms with van der Waals surface area (Å²) in [5.41, 5.74) is 17.2. The molecule has 0 saturated heterocycles. The third kappa shape index (κ3) is 7.95. The molecule has 2 saturated carbocycles. The van der Waals surface area contributed by atoms with Gasteiger partial charge in [-0.15, -0.1) is 0 Å². The van der Waals surface area contributed by atoms with Crippen LogP contribution in [0.3, 0.4) is 0 Å². The molecule has 0 atom stereocenters. The first-order valence-corrected chi connectivity index (χ1v) is 18.3. The minimum atomic E-state index is -3.91. The van der Waals surface area contributed by atoms with Crippen molar-refractivity contribution in [2.45, 2.75) is 30.6 Å². The second kappa shape index (κ2) is 15.3. The summed E-state index contributed by atoms with van der Waals surface area (Å²) < 4.78 is 40.2. The lowest BCUT2D eigenvalue weighted by Gasteiger charge is -2.12. The zero-order chi connectivity index (χ0) is 35.0. The molecule has 0 bridgehead atoms. The van der Waals surface area contributed by atoms with Crippen LogP contribution < -0.4 is 20.9 Å². The number of H-pyrrole nitrogens is 1. The largest absolute Gasteiger partial charge is 0.477 e. The van der Waals surface area contributed by atoms with Crippen LogP contribution in [0.25, 0.3) is 44.6 Å². The molecule has 53 heavy (non-hydrogen) atoms. The van der Waals surface area contributed by atoms with E-state index in [9.17, 15) is 8.42 Å². The molecule has 12 nitrogen and oxygen atoms in total. The van der Waals surface area contributed by atoms with Gasteiger partial charge in [-0.2, -0.15) is 0 Å². The number of nitrogen functional groups attached to an aromatic ring is 2. The van der Waals surface area contributed by atoms with Crippen LogP contribution in [0.4, 0.5) is 11.4 Å². The van der Waals surface area contributed by atoms with Crippen molar-refractivity contribution >= 4 is 43.5 Å². The van der Waals surface area contributed by atoms with E-state index in [2.05, 4.69) is 24.9 Å². The maximum absolute atomic E-state index is 13.6. The molecular weight excluding hydrogens is 689 g/mol. The summed E-state index contributed by atoms with van der Waals surface area (Å²) in [7, 11) is -3.91. The summed E-state index contributed by atoms with van der Waals surface area (Å²) in [6.45, 7) is 1.31. The first kappa shape index (κ1) is 36.8. The van der Waals surface area contributed by atoms with Gasteiger partial charge in [-0.3, -0.25) is 0 Å². The molecule has 5 N–H and O–H groups in total. The fourth-order valence-corrected chi connectivity index (χ4v) is 7.19. The lowest BCUT2D eigenvalue weighted by atomic mass is 10.1. The number of nitrogens with one attached hydrogen (secondary N) is 1. The molecule has 2 aliphatic carbocycles. The van der Waals surface area contributed by atoms with Crippen molar-refractivity contribution < 1.29 is 17.9 Å². The van der Waals surface area contributed by atoms with Crippen LogP contribution in [-0.2, 0) is 10.0 Å². The minimum absolute atomic E-state index is 0. The minimum Gasteiger partial charge on any atom is -0.477 e. The molecule has 7 aromatic rings. The van der Waals surface area contributed by atoms with Crippen molar-refractivity contribution in [3.63, 3.8) is 0 Å². The molecule has 13 heteroatoms. The van der Waals surface area contributed by atoms with Crippen LogP contribution in [-0.4, -0.2) is 50.5 Å². The second-order valence-corrected chi connectivity index (χ2v) is 14.7. The summed E-state index contributed by atoms with van der Waals surface area (Å²) in [4.78, 5) is 20.6. The zero-order valence-electron chi connectivity index (χ0n) is 29.6. The Morgan fingerprint density at radius 3 is 1.81 bits per heavy atom. The van der Waals surface area contributed by atoms with Crippen molar-refractivity contribution in [1.82, 2.24) is 28.9 Å². The molecule has 0 aliphatic heterocycles. The van der Waals surface area contributed by atoms with Crippen LogP contribution in [0, 0.1) is 26.7 Å². The number of nitrogens with zero attached hydrogens (tertiary/aromatic N) is 5. The quantitative estimate of drug-likeness (QED) is 0.0938. The summed E-state index contributed by atoms with van der Waals surface area (Å²) in [5, 5.41) is 1.48. The molecular formula is C40H42N8O4S-2. The number of ether oxygens (including phenoxy) is 2. The number of nitrogens with two attached hydrogens (primary N) is 2. The molecule has 0 amide bonds. The fourth-order valence-electron chi connectivity index (χ4n) is 5.69. The SMILES string of the molecule is Nc1ccc(-c2cc3c(OCC4CC4)ncnc3[nH]2)cc1.Nc1ccc(-c2cc3c(OCC4CC4)ncnc3n2S(=O)(=O)c2ccccc2)cc1.[CH3-].[CH3-]. The molecule has 0 spiro atoms. The molecule has 3 aromatic carbocycles. The first-order chi connectivity index (χ1) is 24.8. The Hall–Kier alpha value is -5.95. The third-order valence-corrected chi connectivity index (χ3v) is 10.6. The van der Waals surface area contributed by atoms with Crippen molar-refractivity contribution in [1.29, 1.82) is 0 Å². The van der Waals surface area contributed by atoms with Gasteiger partial charge in [0, 0.05) is 17.1 Å². The molecule has 0 unspecified atom stereocenters. The maximum Gasteiger partial charge on any atom is 0.269 e. The normalized spacial score (nSPS) is 13.7. The highest BCUT2D eigenvalue weighted by atomic mass is 32.2. The highest BCUT2D eigenvalue weighted by molar-refractivity contribution is 7.90. The van der Waals surface area contributed by atoms with E-state index < -0.39 is 10.0 Å². The first-order valence-electron chi connectivity index (χ1n) is 16.8. The lowest BCUT2D eigenvalue weighted by Crippen LogP contribution is -2.14. The van der Waals surface area contributed by atoms with Crippen LogP contribution in [0.15, 0.2) is 109 Å². The number of benzene rings is 3. The molecule has 4 heterocycles. The van der Waals surface area contributed by atoms with E-state index in [1.165, 1.54) is 29.5 Å². The summed E-state index contributed by atoms with van der Waals surface area (Å²) >= 11 is 0. The summed E-state index contributed by atoms with van der Waals surface area (Å²) in [6.07, 6.45) is 7.70. The van der Waals surface area contributed by atoms with Crippen molar-refractivity contribution in [3.05, 3.63) is 119 Å². The Morgan fingerprint density at radius 1 is 0.679 bits per heavy atom. The topological polar surface area (TPSA) is 177 Å². The standard InChI is InChI=1S/C22H20N4O3S.C16H16N4O.2CH3/c23-17-10-8-16(9-11-17)20-12-19-21(24-14-25-22(19)29-13-15-6-7-15)26(20)30(27,28)18-4-2-1-3-5-18;17-12-5-3-11(4-6-12)14-7-13-15(20-14)18-9-19-16(13)21-8-10-1-2-10;;/h1-5,8-12,14-15H,6-7,13,23H2;3-7,9-10H,1-2,8,17H2,(H,18,19,20);2*1H3/q;;2*-1. The highest BCUT2D eigenvalue weighted by Crippen LogP contribution is 2.36. The van der Waals surface area contributed by atoms with Gasteiger partial charge < -0.3 is 40.8 Å². The monoisotopic (exact) mass is 730 g/mol. The Morgan fingerprint density at radius 2 is 1.23 bits per heavy atom. The van der Waals surface area contributed by atoms with Gasteiger partial charge in [-0.25, -0.2) is 32.3 Å². The number of fused-ring (bicyclic) bond motifs is 2. The van der Waals surface area contributed by atoms with Gasteiger partial charge in [0.25, 0.3) is 10.0 Å². The number of hydrogen-bond donors (Lipinski definition) is 3. The Bertz CT molecular complexity index is 2420. The van der Waals surface area contributed by atoms with Gasteiger partial charge in [0.2, 0.25) is 11.8 Å². The Labute approximate surface area is 309 Å². The van der Waals surface area contributed by atoms with E-state index in [1.54, 1.807) is 60.7 Å². The second-order valence-electron chi connectivity index (χ2n) is 12.9. The van der Waals surface area contributed by atoms with E-state index in [-0.39, 0.29) is 25.4 Å². The number of hydrogen-bond acceptors (Lipinski definition) is 10. The van der Waals surface area contributed by atoms with Crippen LogP contribution in [0.2, 0.25) is 0 Å². The smallest absolute Gasteiger partial charge is 0.269 e. The third-order valence-electron chi connectivity index (χ3n) is 8.92. The van der Waals surface area contributed by atoms with E-state index in [1.807, 2.05) is 30.3 Å². The Kier molecular flexibility index (Phi) is 10.7. The Balaban J connectivity index is 0.000000185. The molecule has 9 rings (SSSR count). The molecule has 0 radical (unpaired) electrons. The molecule has 4 aromatic heterocycles. The van der Waals surface area contributed by atoms with Crippen molar-refractivity contribution in [2.75, 3.05) is 24.7 Å². The van der Waals surface area contributed by atoms with Gasteiger partial charge in [-0.05, 0) is 97.2 Å². The summed E-state index contributed by atoms with van der Waals surface area (Å²) in [6, 6.07) is 26.9. The molecule has 2 fully saturated rings. The number of rotatable bonds is 10. The predicted octanol–water partition coefficient (Wildman–Crippen LogP) is 7.60. The van der Waals surface area contributed by atoms with E-state index in [4.69, 9.17) is 20.9 Å². The van der Waals surface area contributed by atoms with Gasteiger partial charge >= 0.3 is 0 Å². The average molecular weight is 731 g/mol. The van der Waals surface area contributed by atoms with Crippen LogP contribution in [0.5, 0.6) is 11.8 Å².